The third-order valence-electron chi connectivity index (χ3n) is 4.88. The highest BCUT2D eigenvalue weighted by Gasteiger charge is 2.47. The van der Waals surface area contributed by atoms with Crippen LogP contribution in [-0.2, 0) is 4.79 Å². The van der Waals surface area contributed by atoms with Crippen molar-refractivity contribution in [3.8, 4) is 0 Å². The van der Waals surface area contributed by atoms with Gasteiger partial charge in [-0.05, 0) is 43.4 Å². The first-order valence-corrected chi connectivity index (χ1v) is 8.64. The third kappa shape index (κ3) is 3.15. The normalized spacial score (nSPS) is 26.7. The second-order valence-electron chi connectivity index (χ2n) is 6.27. The van der Waals surface area contributed by atoms with Crippen molar-refractivity contribution < 1.29 is 14.7 Å². The van der Waals surface area contributed by atoms with Crippen molar-refractivity contribution in [1.29, 1.82) is 0 Å². The predicted molar refractivity (Wildman–Crippen MR) is 91.2 cm³/mol. The largest absolute Gasteiger partial charge is 0.465 e. The summed E-state index contributed by atoms with van der Waals surface area (Å²) < 4.78 is 0.826. The molecular weight excluding hydrogens is 362 g/mol. The van der Waals surface area contributed by atoms with Crippen molar-refractivity contribution in [1.82, 2.24) is 4.90 Å². The second kappa shape index (κ2) is 6.39. The molecule has 4 N–H and O–H groups in total. The summed E-state index contributed by atoms with van der Waals surface area (Å²) in [5, 5.41) is 12.3. The van der Waals surface area contributed by atoms with Crippen molar-refractivity contribution in [3.63, 3.8) is 0 Å². The first-order valence-electron chi connectivity index (χ1n) is 7.84. The molecule has 0 spiro atoms. The van der Waals surface area contributed by atoms with E-state index in [0.717, 1.165) is 30.2 Å². The maximum atomic E-state index is 12.6. The molecule has 1 heterocycles. The Balaban J connectivity index is 1.78. The van der Waals surface area contributed by atoms with Gasteiger partial charge in [-0.2, -0.15) is 0 Å². The van der Waals surface area contributed by atoms with Crippen molar-refractivity contribution in [2.45, 2.75) is 44.2 Å². The van der Waals surface area contributed by atoms with Crippen LogP contribution in [-0.4, -0.2) is 34.1 Å². The van der Waals surface area contributed by atoms with Gasteiger partial charge in [0.25, 0.3) is 0 Å². The van der Waals surface area contributed by atoms with Gasteiger partial charge in [0.05, 0.1) is 11.4 Å². The van der Waals surface area contributed by atoms with Crippen molar-refractivity contribution in [3.05, 3.63) is 22.7 Å². The number of carboxylic acid groups (broad SMARTS) is 1. The van der Waals surface area contributed by atoms with Crippen LogP contribution < -0.4 is 11.1 Å². The minimum atomic E-state index is -1.01. The maximum absolute atomic E-state index is 12.6. The van der Waals surface area contributed by atoms with E-state index < -0.39 is 12.1 Å². The number of nitrogen functional groups attached to an aromatic ring is 1. The molecule has 1 aliphatic heterocycles. The summed E-state index contributed by atoms with van der Waals surface area (Å²) in [5.41, 5.74) is 6.87. The highest BCUT2D eigenvalue weighted by Crippen LogP contribution is 2.40. The van der Waals surface area contributed by atoms with Crippen molar-refractivity contribution in [2.24, 2.45) is 5.92 Å². The number of amides is 2. The van der Waals surface area contributed by atoms with Gasteiger partial charge in [0, 0.05) is 10.5 Å². The number of halogens is 1. The summed E-state index contributed by atoms with van der Waals surface area (Å²) in [6.07, 6.45) is 3.57. The zero-order valence-electron chi connectivity index (χ0n) is 12.7. The molecule has 1 aliphatic carbocycles. The Labute approximate surface area is 143 Å². The van der Waals surface area contributed by atoms with Gasteiger partial charge in [-0.1, -0.05) is 28.8 Å². The van der Waals surface area contributed by atoms with Crippen molar-refractivity contribution >= 4 is 39.3 Å². The molecule has 3 rings (SSSR count). The number of nitrogens with one attached hydrogen (secondary N) is 1. The Morgan fingerprint density at radius 1 is 1.30 bits per heavy atom. The van der Waals surface area contributed by atoms with E-state index in [1.54, 1.807) is 18.2 Å². The fourth-order valence-corrected chi connectivity index (χ4v) is 4.21. The van der Waals surface area contributed by atoms with Gasteiger partial charge < -0.3 is 16.2 Å². The Morgan fingerprint density at radius 2 is 2.04 bits per heavy atom. The molecule has 0 radical (unpaired) electrons. The van der Waals surface area contributed by atoms with Gasteiger partial charge in [-0.3, -0.25) is 9.69 Å². The lowest BCUT2D eigenvalue weighted by Crippen LogP contribution is -2.47. The number of carbonyl (C=O) groups is 2. The van der Waals surface area contributed by atoms with Crippen LogP contribution in [0.1, 0.15) is 32.1 Å². The molecule has 3 unspecified atom stereocenters. The number of benzene rings is 1. The summed E-state index contributed by atoms with van der Waals surface area (Å²) in [6, 6.07) is 4.54. The molecule has 2 aliphatic rings. The fraction of sp³-hybridized carbons (Fsp3) is 0.500. The van der Waals surface area contributed by atoms with E-state index in [-0.39, 0.29) is 17.9 Å². The van der Waals surface area contributed by atoms with Crippen LogP contribution in [0, 0.1) is 5.92 Å². The van der Waals surface area contributed by atoms with Gasteiger partial charge >= 0.3 is 6.09 Å². The van der Waals surface area contributed by atoms with Crippen LogP contribution in [0.4, 0.5) is 16.2 Å². The Morgan fingerprint density at radius 3 is 2.74 bits per heavy atom. The van der Waals surface area contributed by atoms with Gasteiger partial charge in [0.1, 0.15) is 6.04 Å². The molecule has 1 aromatic rings. The summed E-state index contributed by atoms with van der Waals surface area (Å²) in [5.74, 6) is -0.00585. The molecule has 1 aromatic carbocycles. The lowest BCUT2D eigenvalue weighted by Gasteiger charge is -2.31. The molecule has 2 amide bonds. The summed E-state index contributed by atoms with van der Waals surface area (Å²) in [6.45, 7) is 0. The van der Waals surface area contributed by atoms with E-state index in [2.05, 4.69) is 21.2 Å². The fourth-order valence-electron chi connectivity index (χ4n) is 3.83. The molecule has 0 aromatic heterocycles. The first kappa shape index (κ1) is 16.1. The zero-order valence-corrected chi connectivity index (χ0v) is 14.3. The van der Waals surface area contributed by atoms with Crippen LogP contribution >= 0.6 is 15.9 Å². The number of nitrogens with two attached hydrogens (primary N) is 1. The van der Waals surface area contributed by atoms with E-state index in [1.807, 2.05) is 0 Å². The SMILES string of the molecule is Nc1cc(Br)ccc1NC(=O)C1CC2CCCCC2N1C(=O)O. The molecular formula is C16H20BrN3O3. The molecule has 6 nitrogen and oxygen atoms in total. The topological polar surface area (TPSA) is 95.7 Å². The molecule has 1 saturated carbocycles. The lowest BCUT2D eigenvalue weighted by molar-refractivity contribution is -0.120. The van der Waals surface area contributed by atoms with Crippen LogP contribution in [0.3, 0.4) is 0 Å². The highest BCUT2D eigenvalue weighted by molar-refractivity contribution is 9.10. The van der Waals surface area contributed by atoms with E-state index in [9.17, 15) is 14.7 Å². The van der Waals surface area contributed by atoms with Gasteiger partial charge in [-0.25, -0.2) is 4.79 Å². The number of hydrogen-bond acceptors (Lipinski definition) is 3. The van der Waals surface area contributed by atoms with Gasteiger partial charge in [-0.15, -0.1) is 0 Å². The number of nitrogens with zero attached hydrogens (tertiary/aromatic N) is 1. The number of anilines is 2. The predicted octanol–water partition coefficient (Wildman–Crippen LogP) is 3.28. The molecule has 23 heavy (non-hydrogen) atoms. The highest BCUT2D eigenvalue weighted by atomic mass is 79.9. The number of fused-ring (bicyclic) bond motifs is 1. The Hall–Kier alpha value is -1.76. The standard InChI is InChI=1S/C16H20BrN3O3/c17-10-5-6-12(11(18)8-10)19-15(21)14-7-9-3-1-2-4-13(9)20(14)16(22)23/h5-6,8-9,13-14H,1-4,7,18H2,(H,19,21)(H,22,23). The number of likely N-dealkylation sites (tertiary alicyclic amines) is 1. The molecule has 124 valence electrons. The average Bonchev–Trinajstić information content (AvgIpc) is 2.89. The van der Waals surface area contributed by atoms with E-state index in [0.29, 0.717) is 17.8 Å². The van der Waals surface area contributed by atoms with E-state index >= 15 is 0 Å². The maximum Gasteiger partial charge on any atom is 0.408 e. The molecule has 7 heteroatoms. The van der Waals surface area contributed by atoms with Gasteiger partial charge in [0.15, 0.2) is 0 Å². The van der Waals surface area contributed by atoms with Crippen LogP contribution in [0.25, 0.3) is 0 Å². The third-order valence-corrected chi connectivity index (χ3v) is 5.38. The van der Waals surface area contributed by atoms with Crippen LogP contribution in [0.5, 0.6) is 0 Å². The summed E-state index contributed by atoms with van der Waals surface area (Å²) in [4.78, 5) is 25.6. The number of rotatable bonds is 2. The summed E-state index contributed by atoms with van der Waals surface area (Å²) >= 11 is 3.32. The van der Waals surface area contributed by atoms with Crippen LogP contribution in [0.2, 0.25) is 0 Å². The Bertz CT molecular complexity index is 637. The van der Waals surface area contributed by atoms with Crippen molar-refractivity contribution in [2.75, 3.05) is 11.1 Å². The van der Waals surface area contributed by atoms with E-state index in [1.165, 1.54) is 4.90 Å². The smallest absolute Gasteiger partial charge is 0.408 e. The molecule has 1 saturated heterocycles. The van der Waals surface area contributed by atoms with E-state index in [4.69, 9.17) is 5.73 Å². The lowest BCUT2D eigenvalue weighted by atomic mass is 9.85. The minimum absolute atomic E-state index is 0.0285. The monoisotopic (exact) mass is 381 g/mol. The quantitative estimate of drug-likeness (QED) is 0.684. The Kier molecular flexibility index (Phi) is 4.48. The number of carbonyl (C=O) groups excluding carboxylic acids is 1. The molecule has 0 bridgehead atoms. The minimum Gasteiger partial charge on any atom is -0.465 e. The zero-order chi connectivity index (χ0) is 16.6. The number of hydrogen-bond donors (Lipinski definition) is 3. The molecule has 3 atom stereocenters. The molecule has 2 fully saturated rings. The summed E-state index contributed by atoms with van der Waals surface area (Å²) in [7, 11) is 0. The first-order chi connectivity index (χ1) is 11.0. The second-order valence-corrected chi connectivity index (χ2v) is 7.19. The van der Waals surface area contributed by atoms with Gasteiger partial charge in [0.2, 0.25) is 5.91 Å². The van der Waals surface area contributed by atoms with Crippen LogP contribution in [0.15, 0.2) is 22.7 Å². The average molecular weight is 382 g/mol.